The zero-order chi connectivity index (χ0) is 10.9. The molecule has 0 aromatic rings. The predicted molar refractivity (Wildman–Crippen MR) is 59.2 cm³/mol. The molecule has 6 nitrogen and oxygen atoms in total. The number of hydrogen-bond acceptors (Lipinski definition) is 6. The Morgan fingerprint density at radius 2 is 1.43 bits per heavy atom. The molecule has 0 saturated carbocycles. The third-order valence-corrected chi connectivity index (χ3v) is 3.19. The summed E-state index contributed by atoms with van der Waals surface area (Å²) < 4.78 is 10.9. The summed E-state index contributed by atoms with van der Waals surface area (Å²) in [5.41, 5.74) is 0. The minimum Gasteiger partial charge on any atom is -0.400 e. The average molecular weight is 196 g/mol. The molecule has 14 heavy (non-hydrogen) atoms. The summed E-state index contributed by atoms with van der Waals surface area (Å²) in [6.45, 7) is 4.55. The molecular weight excluding hydrogens is 181 g/mol. The van der Waals surface area contributed by atoms with Crippen molar-refractivity contribution in [2.45, 2.75) is 13.6 Å². The number of hydrogen-bond donors (Lipinski definition) is 0. The van der Waals surface area contributed by atoms with Crippen molar-refractivity contribution >= 4 is 21.2 Å². The van der Waals surface area contributed by atoms with Crippen molar-refractivity contribution in [3.8, 4) is 0 Å². The Balaban J connectivity index is 2.80. The van der Waals surface area contributed by atoms with Crippen LogP contribution in [0.2, 0.25) is 13.6 Å². The molecule has 0 radical (unpaired) electrons. The molecule has 0 bridgehead atoms. The Hall–Kier alpha value is -0.525. The van der Waals surface area contributed by atoms with E-state index in [-0.39, 0.29) is 21.2 Å². The van der Waals surface area contributed by atoms with Gasteiger partial charge in [-0.1, -0.05) is 13.6 Å². The Labute approximate surface area is 85.9 Å². The van der Waals surface area contributed by atoms with Crippen molar-refractivity contribution in [1.29, 1.82) is 0 Å². The summed E-state index contributed by atoms with van der Waals surface area (Å²) in [5, 5.41) is 2.50. The molecule has 0 atom stereocenters. The van der Waals surface area contributed by atoms with Crippen molar-refractivity contribution in [3.05, 3.63) is 4.91 Å². The lowest BCUT2D eigenvalue weighted by molar-refractivity contribution is 0.271. The van der Waals surface area contributed by atoms with Gasteiger partial charge in [0.05, 0.1) is 0 Å². The molecule has 0 aromatic carbocycles. The Bertz CT molecular complexity index is 205. The molecule has 1 aliphatic rings. The minimum atomic E-state index is -0.381. The van der Waals surface area contributed by atoms with E-state index in [0.717, 1.165) is 0 Å². The average Bonchev–Trinajstić information content (AvgIpc) is 2.19. The fourth-order valence-electron chi connectivity index (χ4n) is 1.73. The maximum absolute atomic E-state index is 10.1. The molecule has 1 heterocycles. The quantitative estimate of drug-likeness (QED) is 0.345. The lowest BCUT2D eigenvalue weighted by Gasteiger charge is -2.45. The van der Waals surface area contributed by atoms with E-state index in [0.29, 0.717) is 0 Å². The van der Waals surface area contributed by atoms with Crippen LogP contribution < -0.4 is 0 Å². The van der Waals surface area contributed by atoms with Crippen LogP contribution in [0, 0.1) is 4.91 Å². The van der Waals surface area contributed by atoms with E-state index in [1.165, 1.54) is 0 Å². The molecule has 0 N–H and O–H groups in total. The lowest BCUT2D eigenvalue weighted by atomic mass is 9.50. The van der Waals surface area contributed by atoms with Crippen molar-refractivity contribution in [2.75, 3.05) is 21.1 Å². The van der Waals surface area contributed by atoms with E-state index in [1.807, 2.05) is 30.6 Å². The molecule has 0 aromatic heterocycles. The van der Waals surface area contributed by atoms with Crippen LogP contribution in [-0.2, 0) is 4.76 Å². The van der Waals surface area contributed by atoms with Gasteiger partial charge in [0.2, 0.25) is 0 Å². The van der Waals surface area contributed by atoms with Crippen LogP contribution in [-0.4, -0.2) is 56.5 Å². The van der Waals surface area contributed by atoms with Gasteiger partial charge < -0.3 is 18.9 Å². The fourth-order valence-corrected chi connectivity index (χ4v) is 1.73. The zero-order valence-electron chi connectivity index (χ0n) is 9.34. The van der Waals surface area contributed by atoms with Gasteiger partial charge in [0.1, 0.15) is 5.34 Å². The van der Waals surface area contributed by atoms with Crippen molar-refractivity contribution in [2.24, 2.45) is 5.34 Å². The van der Waals surface area contributed by atoms with Gasteiger partial charge in [0.15, 0.2) is 0 Å². The van der Waals surface area contributed by atoms with Crippen LogP contribution in [0.5, 0.6) is 0 Å². The van der Waals surface area contributed by atoms with Gasteiger partial charge in [-0.3, -0.25) is 0 Å². The third-order valence-electron chi connectivity index (χ3n) is 3.19. The van der Waals surface area contributed by atoms with E-state index in [9.17, 15) is 4.91 Å². The van der Waals surface area contributed by atoms with E-state index in [1.54, 1.807) is 0 Å². The minimum absolute atomic E-state index is 0.216. The Morgan fingerprint density at radius 1 is 1.00 bits per heavy atom. The molecule has 1 rings (SSSR count). The first-order chi connectivity index (χ1) is 6.50. The Morgan fingerprint density at radius 3 is 1.79 bits per heavy atom. The second-order valence-electron chi connectivity index (χ2n) is 3.77. The van der Waals surface area contributed by atoms with Gasteiger partial charge in [0, 0.05) is 0 Å². The summed E-state index contributed by atoms with van der Waals surface area (Å²) in [4.78, 5) is 10.1. The predicted octanol–water partition coefficient (Wildman–Crippen LogP) is -0.286. The van der Waals surface area contributed by atoms with Crippen LogP contribution in [0.25, 0.3) is 0 Å². The molecule has 1 saturated heterocycles. The standard InChI is InChI=1S/C5H15B3N4O2/c1-6-10(3)7(2)12(5)8(11(6)4)14-9-13/h1-5H3. The highest BCUT2D eigenvalue weighted by atomic mass is 16.7. The zero-order valence-corrected chi connectivity index (χ0v) is 9.34. The van der Waals surface area contributed by atoms with Gasteiger partial charge in [0.25, 0.3) is 14.0 Å². The van der Waals surface area contributed by atoms with Crippen LogP contribution >= 0.6 is 0 Å². The summed E-state index contributed by atoms with van der Waals surface area (Å²) in [7, 11) is 5.46. The molecule has 1 aliphatic heterocycles. The summed E-state index contributed by atoms with van der Waals surface area (Å²) in [5.74, 6) is 0. The van der Waals surface area contributed by atoms with Crippen LogP contribution in [0.3, 0.4) is 0 Å². The first-order valence-corrected chi connectivity index (χ1v) is 4.65. The molecule has 0 spiro atoms. The number of rotatable bonds is 2. The van der Waals surface area contributed by atoms with E-state index in [2.05, 4.69) is 23.7 Å². The van der Waals surface area contributed by atoms with Crippen LogP contribution in [0.1, 0.15) is 0 Å². The topological polar surface area (TPSA) is 48.4 Å². The fraction of sp³-hybridized carbons (Fsp3) is 1.00. The van der Waals surface area contributed by atoms with Crippen molar-refractivity contribution in [3.63, 3.8) is 0 Å². The molecule has 0 unspecified atom stereocenters. The Kier molecular flexibility index (Phi) is 3.57. The van der Waals surface area contributed by atoms with Gasteiger partial charge in [-0.2, -0.15) is 0 Å². The monoisotopic (exact) mass is 196 g/mol. The van der Waals surface area contributed by atoms with E-state index in [4.69, 9.17) is 4.76 Å². The number of nitrogens with zero attached hydrogens (tertiary/aromatic N) is 4. The first-order valence-electron chi connectivity index (χ1n) is 4.65. The first kappa shape index (κ1) is 11.5. The van der Waals surface area contributed by atoms with Crippen molar-refractivity contribution in [1.82, 2.24) is 14.2 Å². The third kappa shape index (κ3) is 1.80. The maximum Gasteiger partial charge on any atom is 0.556 e. The highest BCUT2D eigenvalue weighted by molar-refractivity contribution is 6.83. The molecule has 0 aliphatic carbocycles. The highest BCUT2D eigenvalue weighted by Gasteiger charge is 2.47. The van der Waals surface area contributed by atoms with E-state index >= 15 is 0 Å². The summed E-state index contributed by atoms with van der Waals surface area (Å²) in [6, 6.07) is 0. The summed E-state index contributed by atoms with van der Waals surface area (Å²) in [6.07, 6.45) is 0. The van der Waals surface area contributed by atoms with Crippen LogP contribution in [0.15, 0.2) is 5.34 Å². The molecular formula is C5H15B3N4O2. The highest BCUT2D eigenvalue weighted by Crippen LogP contribution is 2.15. The molecule has 0 amide bonds. The largest absolute Gasteiger partial charge is 0.556 e. The van der Waals surface area contributed by atoms with Gasteiger partial charge in [-0.25, -0.2) is 0 Å². The normalized spacial score (nSPS) is 21.6. The van der Waals surface area contributed by atoms with Gasteiger partial charge >= 0.3 is 7.19 Å². The SMILES string of the molecule is CB1N(C)B(C)N(C)B(ON=O)N1C. The summed E-state index contributed by atoms with van der Waals surface area (Å²) >= 11 is 0. The van der Waals surface area contributed by atoms with Gasteiger partial charge in [-0.05, 0) is 21.1 Å². The maximum atomic E-state index is 10.1. The molecule has 9 heteroatoms. The second-order valence-corrected chi connectivity index (χ2v) is 3.77. The van der Waals surface area contributed by atoms with E-state index < -0.39 is 0 Å². The van der Waals surface area contributed by atoms with Crippen LogP contribution in [0.4, 0.5) is 0 Å². The smallest absolute Gasteiger partial charge is 0.400 e. The van der Waals surface area contributed by atoms with Gasteiger partial charge in [-0.15, -0.1) is 4.91 Å². The second kappa shape index (κ2) is 4.33. The lowest BCUT2D eigenvalue weighted by Crippen LogP contribution is -2.73. The molecule has 76 valence electrons. The molecule has 1 fully saturated rings. The van der Waals surface area contributed by atoms with Crippen molar-refractivity contribution < 1.29 is 4.76 Å².